The molecule has 2 rings (SSSR count). The fourth-order valence-electron chi connectivity index (χ4n) is 3.08. The average molecular weight is 463 g/mol. The number of H-pyrrole nitrogens is 1. The Morgan fingerprint density at radius 2 is 1.64 bits per heavy atom. The number of aliphatic hydroxyl groups excluding tert-OH is 2. The molecule has 1 aromatic heterocycles. The number of rotatable bonds is 11. The Morgan fingerprint density at radius 3 is 2.24 bits per heavy atom. The predicted molar refractivity (Wildman–Crippen MR) is 118 cm³/mol. The molecule has 33 heavy (non-hydrogen) atoms. The lowest BCUT2D eigenvalue weighted by Gasteiger charge is -2.23. The summed E-state index contributed by atoms with van der Waals surface area (Å²) in [6.07, 6.45) is 0.489. The maximum atomic E-state index is 12.6. The number of nitrogens with one attached hydrogen (secondary N) is 4. The predicted octanol–water partition coefficient (Wildman–Crippen LogP) is -2.03. The maximum absolute atomic E-state index is 12.6. The fraction of sp³-hybridized carbons (Fsp3) is 0.429. The third-order valence-corrected chi connectivity index (χ3v) is 5.10. The minimum Gasteiger partial charge on any atom is -0.480 e. The SMILES string of the molecule is CC(NC(=O)C(N)C(C)O)C(=O)NC(CO)C(=O)NC(Cc1c[nH]c2ccccc12)C(=O)O. The quantitative estimate of drug-likeness (QED) is 0.186. The Hall–Kier alpha value is -3.48. The standard InChI is InChI=1S/C21H29N5O7/c1-10(24-20(31)17(22)11(2)28)18(29)26-16(9-27)19(30)25-15(21(32)33)7-12-8-23-14-6-4-3-5-13(12)14/h3-6,8,10-11,15-17,23,27-28H,7,9,22H2,1-2H3,(H,24,31)(H,25,30)(H,26,29)(H,32,33). The number of aliphatic carboxylic acids is 1. The van der Waals surface area contributed by atoms with Gasteiger partial charge in [-0.2, -0.15) is 0 Å². The molecule has 0 aliphatic rings. The highest BCUT2D eigenvalue weighted by Crippen LogP contribution is 2.19. The summed E-state index contributed by atoms with van der Waals surface area (Å²) in [5, 5.41) is 36.1. The number of carbonyl (C=O) groups excluding carboxylic acids is 3. The Kier molecular flexibility index (Phi) is 8.91. The molecule has 180 valence electrons. The first-order chi connectivity index (χ1) is 15.5. The molecule has 0 bridgehead atoms. The lowest BCUT2D eigenvalue weighted by Crippen LogP contribution is -2.58. The van der Waals surface area contributed by atoms with Crippen LogP contribution in [0, 0.1) is 0 Å². The van der Waals surface area contributed by atoms with Crippen LogP contribution >= 0.6 is 0 Å². The van der Waals surface area contributed by atoms with Crippen LogP contribution in [0.25, 0.3) is 10.9 Å². The molecule has 0 aliphatic heterocycles. The van der Waals surface area contributed by atoms with E-state index in [0.29, 0.717) is 5.56 Å². The van der Waals surface area contributed by atoms with Gasteiger partial charge in [0, 0.05) is 23.5 Å². The number of para-hydroxylation sites is 1. The number of aliphatic hydroxyl groups is 2. The van der Waals surface area contributed by atoms with Gasteiger partial charge in [0.1, 0.15) is 24.2 Å². The van der Waals surface area contributed by atoms with E-state index < -0.39 is 60.6 Å². The van der Waals surface area contributed by atoms with Crippen molar-refractivity contribution < 1.29 is 34.5 Å². The minimum absolute atomic E-state index is 0.0269. The third kappa shape index (κ3) is 6.75. The fourth-order valence-corrected chi connectivity index (χ4v) is 3.08. The summed E-state index contributed by atoms with van der Waals surface area (Å²) in [5.74, 6) is -3.78. The molecule has 9 N–H and O–H groups in total. The van der Waals surface area contributed by atoms with E-state index in [0.717, 1.165) is 10.9 Å². The number of carbonyl (C=O) groups is 4. The van der Waals surface area contributed by atoms with E-state index in [4.69, 9.17) is 5.73 Å². The number of carboxylic acid groups (broad SMARTS) is 1. The number of nitrogens with two attached hydrogens (primary N) is 1. The Bertz CT molecular complexity index is 1010. The van der Waals surface area contributed by atoms with Crippen molar-refractivity contribution >= 4 is 34.6 Å². The summed E-state index contributed by atoms with van der Waals surface area (Å²) in [6, 6.07) is 2.13. The highest BCUT2D eigenvalue weighted by Gasteiger charge is 2.29. The Balaban J connectivity index is 2.01. The van der Waals surface area contributed by atoms with Crippen LogP contribution in [0.2, 0.25) is 0 Å². The molecule has 1 heterocycles. The molecule has 5 atom stereocenters. The second-order valence-corrected chi connectivity index (χ2v) is 7.70. The minimum atomic E-state index is -1.45. The number of hydrogen-bond donors (Lipinski definition) is 8. The van der Waals surface area contributed by atoms with E-state index in [1.54, 1.807) is 12.3 Å². The van der Waals surface area contributed by atoms with Gasteiger partial charge in [0.05, 0.1) is 12.7 Å². The lowest BCUT2D eigenvalue weighted by atomic mass is 10.0. The highest BCUT2D eigenvalue weighted by molar-refractivity contribution is 5.94. The van der Waals surface area contributed by atoms with Gasteiger partial charge in [-0.25, -0.2) is 4.79 Å². The van der Waals surface area contributed by atoms with Crippen molar-refractivity contribution in [2.24, 2.45) is 5.73 Å². The third-order valence-electron chi connectivity index (χ3n) is 5.10. The van der Waals surface area contributed by atoms with Crippen LogP contribution in [0.15, 0.2) is 30.5 Å². The van der Waals surface area contributed by atoms with E-state index >= 15 is 0 Å². The van der Waals surface area contributed by atoms with Crippen LogP contribution < -0.4 is 21.7 Å². The van der Waals surface area contributed by atoms with Gasteiger partial charge in [0.25, 0.3) is 0 Å². The van der Waals surface area contributed by atoms with Gasteiger partial charge < -0.3 is 42.0 Å². The molecule has 0 fully saturated rings. The van der Waals surface area contributed by atoms with Crippen molar-refractivity contribution in [2.45, 2.75) is 50.5 Å². The lowest BCUT2D eigenvalue weighted by molar-refractivity contribution is -0.142. The summed E-state index contributed by atoms with van der Waals surface area (Å²) in [4.78, 5) is 51.5. The molecule has 2 aromatic rings. The normalized spacial score (nSPS) is 15.7. The van der Waals surface area contributed by atoms with E-state index in [9.17, 15) is 34.5 Å². The Labute approximate surface area is 189 Å². The molecule has 0 radical (unpaired) electrons. The van der Waals surface area contributed by atoms with Gasteiger partial charge in [-0.3, -0.25) is 14.4 Å². The zero-order valence-electron chi connectivity index (χ0n) is 18.2. The van der Waals surface area contributed by atoms with Gasteiger partial charge in [0.2, 0.25) is 17.7 Å². The molecule has 0 saturated heterocycles. The second-order valence-electron chi connectivity index (χ2n) is 7.70. The van der Waals surface area contributed by atoms with E-state index in [2.05, 4.69) is 20.9 Å². The van der Waals surface area contributed by atoms with Crippen LogP contribution in [0.5, 0.6) is 0 Å². The highest BCUT2D eigenvalue weighted by atomic mass is 16.4. The van der Waals surface area contributed by atoms with Gasteiger partial charge in [-0.05, 0) is 25.5 Å². The molecule has 0 saturated carbocycles. The number of aromatic nitrogens is 1. The molecule has 5 unspecified atom stereocenters. The molecule has 0 spiro atoms. The van der Waals surface area contributed by atoms with Gasteiger partial charge in [-0.15, -0.1) is 0 Å². The number of hydrogen-bond acceptors (Lipinski definition) is 7. The number of amides is 3. The van der Waals surface area contributed by atoms with Crippen LogP contribution in [0.3, 0.4) is 0 Å². The maximum Gasteiger partial charge on any atom is 0.326 e. The monoisotopic (exact) mass is 463 g/mol. The summed E-state index contributed by atoms with van der Waals surface area (Å²) < 4.78 is 0. The van der Waals surface area contributed by atoms with Gasteiger partial charge in [-0.1, -0.05) is 18.2 Å². The number of benzene rings is 1. The molecular weight excluding hydrogens is 434 g/mol. The molecule has 12 nitrogen and oxygen atoms in total. The van der Waals surface area contributed by atoms with Crippen molar-refractivity contribution in [3.05, 3.63) is 36.0 Å². The van der Waals surface area contributed by atoms with Gasteiger partial charge in [0.15, 0.2) is 0 Å². The topological polar surface area (TPSA) is 207 Å². The molecular formula is C21H29N5O7. The second kappa shape index (κ2) is 11.4. The van der Waals surface area contributed by atoms with Crippen molar-refractivity contribution in [3.8, 4) is 0 Å². The first-order valence-electron chi connectivity index (χ1n) is 10.3. The largest absolute Gasteiger partial charge is 0.480 e. The van der Waals surface area contributed by atoms with Crippen molar-refractivity contribution in [2.75, 3.05) is 6.61 Å². The number of carboxylic acids is 1. The molecule has 1 aromatic carbocycles. The van der Waals surface area contributed by atoms with Crippen LogP contribution in [0.4, 0.5) is 0 Å². The van der Waals surface area contributed by atoms with Crippen LogP contribution in [0.1, 0.15) is 19.4 Å². The molecule has 12 heteroatoms. The van der Waals surface area contributed by atoms with Gasteiger partial charge >= 0.3 is 5.97 Å². The van der Waals surface area contributed by atoms with Crippen LogP contribution in [-0.4, -0.2) is 80.9 Å². The zero-order valence-corrected chi connectivity index (χ0v) is 18.2. The first-order valence-corrected chi connectivity index (χ1v) is 10.3. The first kappa shape index (κ1) is 25.8. The van der Waals surface area contributed by atoms with Crippen molar-refractivity contribution in [1.29, 1.82) is 0 Å². The summed E-state index contributed by atoms with van der Waals surface area (Å²) >= 11 is 0. The number of fused-ring (bicyclic) bond motifs is 1. The number of aromatic amines is 1. The van der Waals surface area contributed by atoms with Crippen molar-refractivity contribution in [1.82, 2.24) is 20.9 Å². The van der Waals surface area contributed by atoms with E-state index in [1.807, 2.05) is 18.2 Å². The molecule has 0 aliphatic carbocycles. The smallest absolute Gasteiger partial charge is 0.326 e. The average Bonchev–Trinajstić information content (AvgIpc) is 3.18. The summed E-state index contributed by atoms with van der Waals surface area (Å²) in [6.45, 7) is 1.84. The summed E-state index contributed by atoms with van der Waals surface area (Å²) in [5.41, 5.74) is 6.99. The van der Waals surface area contributed by atoms with E-state index in [-0.39, 0.29) is 6.42 Å². The van der Waals surface area contributed by atoms with Crippen LogP contribution in [-0.2, 0) is 25.6 Å². The summed E-state index contributed by atoms with van der Waals surface area (Å²) in [7, 11) is 0. The Morgan fingerprint density at radius 1 is 1.00 bits per heavy atom. The van der Waals surface area contributed by atoms with E-state index in [1.165, 1.54) is 13.8 Å². The van der Waals surface area contributed by atoms with Crippen molar-refractivity contribution in [3.63, 3.8) is 0 Å². The molecule has 3 amide bonds. The zero-order chi connectivity index (χ0) is 24.7.